The van der Waals surface area contributed by atoms with Crippen LogP contribution in [-0.4, -0.2) is 30.1 Å². The van der Waals surface area contributed by atoms with Crippen LogP contribution in [0.5, 0.6) is 0 Å². The maximum Gasteiger partial charge on any atom is 0.240 e. The fourth-order valence-corrected chi connectivity index (χ4v) is 3.13. The van der Waals surface area contributed by atoms with Crippen LogP contribution < -0.4 is 10.0 Å². The molecule has 0 saturated heterocycles. The van der Waals surface area contributed by atoms with Crippen molar-refractivity contribution in [1.82, 2.24) is 14.9 Å². The van der Waals surface area contributed by atoms with E-state index >= 15 is 0 Å². The molecule has 3 rings (SSSR count). The van der Waals surface area contributed by atoms with Gasteiger partial charge in [-0.25, -0.2) is 8.42 Å². The summed E-state index contributed by atoms with van der Waals surface area (Å²) in [6, 6.07) is 12.6. The van der Waals surface area contributed by atoms with Crippen LogP contribution in [0.25, 0.3) is 10.9 Å². The minimum atomic E-state index is -3.37. The highest BCUT2D eigenvalue weighted by Crippen LogP contribution is 2.25. The molecule has 0 radical (unpaired) electrons. The zero-order chi connectivity index (χ0) is 17.9. The third kappa shape index (κ3) is 4.36. The van der Waals surface area contributed by atoms with Gasteiger partial charge in [-0.15, -0.1) is 0 Å². The van der Waals surface area contributed by atoms with Gasteiger partial charge in [0.05, 0.1) is 29.7 Å². The number of benzene rings is 1. The first kappa shape index (κ1) is 17.0. The Morgan fingerprint density at radius 3 is 2.72 bits per heavy atom. The third-order valence-corrected chi connectivity index (χ3v) is 4.21. The Balaban J connectivity index is 1.73. The van der Waals surface area contributed by atoms with Crippen LogP contribution in [0.4, 0.5) is 5.69 Å². The second-order valence-corrected chi connectivity index (χ2v) is 7.40. The first-order valence-electron chi connectivity index (χ1n) is 7.65. The molecule has 1 aromatic carbocycles. The van der Waals surface area contributed by atoms with E-state index in [1.165, 1.54) is 0 Å². The van der Waals surface area contributed by atoms with Gasteiger partial charge in [-0.05, 0) is 30.3 Å². The van der Waals surface area contributed by atoms with Crippen molar-refractivity contribution in [3.63, 3.8) is 0 Å². The van der Waals surface area contributed by atoms with E-state index in [9.17, 15) is 13.2 Å². The molecule has 25 heavy (non-hydrogen) atoms. The average molecular weight is 358 g/mol. The van der Waals surface area contributed by atoms with Crippen molar-refractivity contribution in [2.75, 3.05) is 11.0 Å². The lowest BCUT2D eigenvalue weighted by Crippen LogP contribution is -2.27. The normalized spacial score (nSPS) is 11.4. The molecule has 0 aliphatic carbocycles. The quantitative estimate of drug-likeness (QED) is 0.702. The van der Waals surface area contributed by atoms with Gasteiger partial charge in [0.15, 0.2) is 0 Å². The molecule has 8 heteroatoms. The van der Waals surface area contributed by atoms with E-state index in [1.54, 1.807) is 35.2 Å². The zero-order valence-corrected chi connectivity index (χ0v) is 14.5. The molecule has 0 atom stereocenters. The molecule has 0 spiro atoms. The van der Waals surface area contributed by atoms with Gasteiger partial charge in [0, 0.05) is 17.8 Å². The third-order valence-electron chi connectivity index (χ3n) is 3.62. The fraction of sp³-hybridized carbons (Fsp3) is 0.176. The van der Waals surface area contributed by atoms with Crippen LogP contribution in [0.3, 0.4) is 0 Å². The predicted octanol–water partition coefficient (Wildman–Crippen LogP) is 1.72. The molecule has 1 amide bonds. The fourth-order valence-electron chi connectivity index (χ4n) is 2.55. The number of hydrogen-bond acceptors (Lipinski definition) is 4. The van der Waals surface area contributed by atoms with Crippen LogP contribution in [0.2, 0.25) is 0 Å². The summed E-state index contributed by atoms with van der Waals surface area (Å²) in [4.78, 5) is 16.3. The summed E-state index contributed by atoms with van der Waals surface area (Å²) in [7, 11) is -3.37. The number of amides is 1. The zero-order valence-electron chi connectivity index (χ0n) is 13.6. The number of nitrogens with zero attached hydrogens (tertiary/aromatic N) is 2. The van der Waals surface area contributed by atoms with Gasteiger partial charge in [-0.2, -0.15) is 0 Å². The molecular weight excluding hydrogens is 340 g/mol. The van der Waals surface area contributed by atoms with Crippen molar-refractivity contribution in [2.45, 2.75) is 13.1 Å². The molecule has 0 fully saturated rings. The number of fused-ring (bicyclic) bond motifs is 1. The lowest BCUT2D eigenvalue weighted by atomic mass is 10.2. The van der Waals surface area contributed by atoms with E-state index in [0.29, 0.717) is 12.2 Å². The number of sulfonamides is 1. The maximum atomic E-state index is 12.2. The molecule has 2 heterocycles. The van der Waals surface area contributed by atoms with Gasteiger partial charge in [-0.3, -0.25) is 14.5 Å². The minimum absolute atomic E-state index is 0.138. The molecular formula is C17H18N4O3S. The van der Waals surface area contributed by atoms with Crippen LogP contribution in [0.1, 0.15) is 5.69 Å². The highest BCUT2D eigenvalue weighted by Gasteiger charge is 2.11. The molecule has 0 bridgehead atoms. The number of carbonyl (C=O) groups excluding carboxylic acids is 1. The van der Waals surface area contributed by atoms with E-state index in [0.717, 1.165) is 22.9 Å². The topological polar surface area (TPSA) is 93.1 Å². The van der Waals surface area contributed by atoms with Crippen molar-refractivity contribution >= 4 is 32.5 Å². The summed E-state index contributed by atoms with van der Waals surface area (Å²) in [6.07, 6.45) is 4.55. The van der Waals surface area contributed by atoms with Gasteiger partial charge in [0.2, 0.25) is 15.9 Å². The van der Waals surface area contributed by atoms with E-state index < -0.39 is 10.0 Å². The highest BCUT2D eigenvalue weighted by molar-refractivity contribution is 7.92. The summed E-state index contributed by atoms with van der Waals surface area (Å²) < 4.78 is 27.2. The van der Waals surface area contributed by atoms with Crippen LogP contribution >= 0.6 is 0 Å². The molecule has 7 nitrogen and oxygen atoms in total. The number of carbonyl (C=O) groups is 1. The van der Waals surface area contributed by atoms with E-state index in [4.69, 9.17) is 0 Å². The smallest absolute Gasteiger partial charge is 0.240 e. The van der Waals surface area contributed by atoms with Gasteiger partial charge in [0.1, 0.15) is 6.54 Å². The lowest BCUT2D eigenvalue weighted by Gasteiger charge is -2.09. The minimum Gasteiger partial charge on any atom is -0.349 e. The van der Waals surface area contributed by atoms with Gasteiger partial charge < -0.3 is 9.88 Å². The summed E-state index contributed by atoms with van der Waals surface area (Å²) in [5.74, 6) is -0.148. The Labute approximate surface area is 145 Å². The predicted molar refractivity (Wildman–Crippen MR) is 96.5 cm³/mol. The van der Waals surface area contributed by atoms with E-state index in [-0.39, 0.29) is 12.5 Å². The SMILES string of the molecule is CS(=O)(=O)Nc1cccc2c1ccn2CC(=O)NCc1ccccn1. The van der Waals surface area contributed by atoms with E-state index in [1.807, 2.05) is 24.3 Å². The summed E-state index contributed by atoms with van der Waals surface area (Å²) in [5, 5.41) is 3.56. The monoisotopic (exact) mass is 358 g/mol. The molecule has 2 N–H and O–H groups in total. The molecule has 0 unspecified atom stereocenters. The Morgan fingerprint density at radius 1 is 1.16 bits per heavy atom. The van der Waals surface area contributed by atoms with Crippen LogP contribution in [0, 0.1) is 0 Å². The first-order chi connectivity index (χ1) is 11.9. The highest BCUT2D eigenvalue weighted by atomic mass is 32.2. The Kier molecular flexibility index (Phi) is 4.71. The Bertz CT molecular complexity index is 997. The van der Waals surface area contributed by atoms with Crippen molar-refractivity contribution < 1.29 is 13.2 Å². The number of aromatic nitrogens is 2. The molecule has 2 aromatic heterocycles. The second kappa shape index (κ2) is 6.94. The van der Waals surface area contributed by atoms with E-state index in [2.05, 4.69) is 15.0 Å². The van der Waals surface area contributed by atoms with Gasteiger partial charge >= 0.3 is 0 Å². The molecule has 0 aliphatic heterocycles. The summed E-state index contributed by atoms with van der Waals surface area (Å²) in [6.45, 7) is 0.498. The second-order valence-electron chi connectivity index (χ2n) is 5.65. The summed E-state index contributed by atoms with van der Waals surface area (Å²) >= 11 is 0. The number of pyridine rings is 1. The average Bonchev–Trinajstić information content (AvgIpc) is 2.97. The lowest BCUT2D eigenvalue weighted by molar-refractivity contribution is -0.121. The summed E-state index contributed by atoms with van der Waals surface area (Å²) in [5.41, 5.74) is 2.06. The van der Waals surface area contributed by atoms with Crippen molar-refractivity contribution in [3.8, 4) is 0 Å². The molecule has 130 valence electrons. The van der Waals surface area contributed by atoms with Crippen molar-refractivity contribution in [1.29, 1.82) is 0 Å². The van der Waals surface area contributed by atoms with Crippen LogP contribution in [0.15, 0.2) is 54.9 Å². The standard InChI is InChI=1S/C17H18N4O3S/c1-25(23,24)20-15-6-4-7-16-14(15)8-10-21(16)12-17(22)19-11-13-5-2-3-9-18-13/h2-10,20H,11-12H2,1H3,(H,19,22). The number of nitrogens with one attached hydrogen (secondary N) is 2. The van der Waals surface area contributed by atoms with Crippen LogP contribution in [-0.2, 0) is 27.9 Å². The largest absolute Gasteiger partial charge is 0.349 e. The number of rotatable bonds is 6. The number of anilines is 1. The Morgan fingerprint density at radius 2 is 2.00 bits per heavy atom. The maximum absolute atomic E-state index is 12.2. The van der Waals surface area contributed by atoms with Crippen molar-refractivity contribution in [3.05, 3.63) is 60.6 Å². The van der Waals surface area contributed by atoms with Crippen molar-refractivity contribution in [2.24, 2.45) is 0 Å². The molecule has 0 saturated carbocycles. The van der Waals surface area contributed by atoms with Gasteiger partial charge in [0.25, 0.3) is 0 Å². The first-order valence-corrected chi connectivity index (χ1v) is 9.54. The molecule has 3 aromatic rings. The molecule has 0 aliphatic rings. The van der Waals surface area contributed by atoms with Gasteiger partial charge in [-0.1, -0.05) is 12.1 Å². The Hall–Kier alpha value is -2.87. The number of hydrogen-bond donors (Lipinski definition) is 2.